The van der Waals surface area contributed by atoms with Crippen LogP contribution in [0.15, 0.2) is 78.0 Å². The van der Waals surface area contributed by atoms with Crippen LogP contribution >= 0.6 is 11.8 Å². The molecule has 0 spiro atoms. The van der Waals surface area contributed by atoms with Crippen molar-refractivity contribution < 1.29 is 8.78 Å². The van der Waals surface area contributed by atoms with Crippen molar-refractivity contribution in [3.05, 3.63) is 90.1 Å². The topological polar surface area (TPSA) is 51.3 Å². The summed E-state index contributed by atoms with van der Waals surface area (Å²) >= 11 is 1.49. The molecule has 4 nitrogen and oxygen atoms in total. The fraction of sp³-hybridized carbons (Fsp3) is 0.182. The van der Waals surface area contributed by atoms with Gasteiger partial charge >= 0.3 is 0 Å². The van der Waals surface area contributed by atoms with Crippen molar-refractivity contribution in [3.63, 3.8) is 0 Å². The zero-order valence-electron chi connectivity index (χ0n) is 15.7. The van der Waals surface area contributed by atoms with Gasteiger partial charge in [-0.25, -0.2) is 13.8 Å². The lowest BCUT2D eigenvalue weighted by Crippen LogP contribution is -2.53. The molecule has 2 N–H and O–H groups in total. The molecule has 1 aromatic heterocycles. The summed E-state index contributed by atoms with van der Waals surface area (Å²) in [5.41, 5.74) is 8.63. The van der Waals surface area contributed by atoms with E-state index in [1.54, 1.807) is 23.9 Å². The number of nitrogens with zero attached hydrogens (tertiary/aromatic N) is 3. The molecule has 1 aliphatic heterocycles. The smallest absolute Gasteiger partial charge is 0.261 e. The van der Waals surface area contributed by atoms with Crippen LogP contribution in [-0.2, 0) is 4.87 Å². The van der Waals surface area contributed by atoms with Crippen LogP contribution in [0.1, 0.15) is 18.4 Å². The highest BCUT2D eigenvalue weighted by Crippen LogP contribution is 2.58. The fourth-order valence-electron chi connectivity index (χ4n) is 3.91. The van der Waals surface area contributed by atoms with Gasteiger partial charge in [-0.2, -0.15) is 0 Å². The average molecular weight is 412 g/mol. The Labute approximate surface area is 172 Å². The number of aromatic nitrogens is 1. The summed E-state index contributed by atoms with van der Waals surface area (Å²) in [4.78, 5) is 3.76. The first-order chi connectivity index (χ1) is 14.1. The van der Waals surface area contributed by atoms with Crippen molar-refractivity contribution >= 4 is 28.8 Å². The Kier molecular flexibility index (Phi) is 5.45. The summed E-state index contributed by atoms with van der Waals surface area (Å²) in [6, 6.07) is 18.7. The van der Waals surface area contributed by atoms with Crippen molar-refractivity contribution in [3.8, 4) is 0 Å². The van der Waals surface area contributed by atoms with E-state index >= 15 is 4.39 Å². The number of rotatable bonds is 6. The Balaban J connectivity index is 2.08. The van der Waals surface area contributed by atoms with Crippen LogP contribution < -0.4 is 10.3 Å². The molecule has 148 valence electrons. The van der Waals surface area contributed by atoms with E-state index in [1.807, 2.05) is 36.4 Å². The molecule has 29 heavy (non-hydrogen) atoms. The SMILES string of the molecule is NCCCC1(c2ccccc2)SC=N[N+]1(c1ccccn1)c1cc(F)ccc1F. The third-order valence-electron chi connectivity index (χ3n) is 5.17. The Morgan fingerprint density at radius 3 is 2.52 bits per heavy atom. The zero-order valence-corrected chi connectivity index (χ0v) is 16.5. The second-order valence-electron chi connectivity index (χ2n) is 6.80. The first-order valence-corrected chi connectivity index (χ1v) is 10.3. The van der Waals surface area contributed by atoms with Crippen molar-refractivity contribution in [1.82, 2.24) is 9.58 Å². The van der Waals surface area contributed by atoms with Gasteiger partial charge in [0.1, 0.15) is 11.4 Å². The van der Waals surface area contributed by atoms with Crippen LogP contribution in [0.5, 0.6) is 0 Å². The van der Waals surface area contributed by atoms with Crippen molar-refractivity contribution in [2.45, 2.75) is 17.7 Å². The van der Waals surface area contributed by atoms with Crippen molar-refractivity contribution in [2.24, 2.45) is 10.8 Å². The Morgan fingerprint density at radius 1 is 1.00 bits per heavy atom. The number of halogens is 2. The molecule has 1 aliphatic rings. The highest BCUT2D eigenvalue weighted by Gasteiger charge is 2.62. The summed E-state index contributed by atoms with van der Waals surface area (Å²) in [5, 5.41) is 4.76. The van der Waals surface area contributed by atoms with Gasteiger partial charge < -0.3 is 5.73 Å². The summed E-state index contributed by atoms with van der Waals surface area (Å²) in [6.45, 7) is 0.475. The average Bonchev–Trinajstić information content (AvgIpc) is 3.16. The molecular weight excluding hydrogens is 390 g/mol. The van der Waals surface area contributed by atoms with E-state index in [0.29, 0.717) is 25.2 Å². The quantitative estimate of drug-likeness (QED) is 0.562. The maximum absolute atomic E-state index is 15.2. The molecule has 2 aromatic carbocycles. The molecule has 0 saturated heterocycles. The predicted octanol–water partition coefficient (Wildman–Crippen LogP) is 5.28. The molecule has 7 heteroatoms. The summed E-state index contributed by atoms with van der Waals surface area (Å²) in [7, 11) is 0. The third-order valence-corrected chi connectivity index (χ3v) is 6.47. The van der Waals surface area contributed by atoms with Gasteiger partial charge in [0.25, 0.3) is 5.82 Å². The molecule has 0 radical (unpaired) electrons. The lowest BCUT2D eigenvalue weighted by Gasteiger charge is -2.42. The van der Waals surface area contributed by atoms with Crippen molar-refractivity contribution in [1.29, 1.82) is 0 Å². The minimum absolute atomic E-state index is 0.117. The maximum atomic E-state index is 15.2. The van der Waals surface area contributed by atoms with E-state index < -0.39 is 16.5 Å². The Hall–Kier alpha value is -2.61. The standard InChI is InChI=1S/C22H21F2N4S/c23-18-10-11-19(24)20(15-18)28(21-9-4-5-14-26-21)22(12-6-13-25,29-16-27-28)17-7-2-1-3-8-17/h1-5,7-11,14-16H,6,12-13,25H2/q+1. The lowest BCUT2D eigenvalue weighted by molar-refractivity contribution is 0.242. The van der Waals surface area contributed by atoms with E-state index in [2.05, 4.69) is 4.98 Å². The fourth-order valence-corrected chi connectivity index (χ4v) is 5.20. The van der Waals surface area contributed by atoms with Gasteiger partial charge in [-0.05, 0) is 42.9 Å². The largest absolute Gasteiger partial charge is 0.330 e. The van der Waals surface area contributed by atoms with Crippen LogP contribution in [0.2, 0.25) is 0 Å². The number of quaternary nitrogens is 1. The van der Waals surface area contributed by atoms with Gasteiger partial charge in [0.15, 0.2) is 5.82 Å². The number of nitrogens with two attached hydrogens (primary N) is 1. The molecule has 0 saturated carbocycles. The molecule has 3 aromatic rings. The molecule has 0 amide bonds. The minimum Gasteiger partial charge on any atom is -0.330 e. The van der Waals surface area contributed by atoms with Gasteiger partial charge in [0, 0.05) is 30.3 Å². The first-order valence-electron chi connectivity index (χ1n) is 9.38. The lowest BCUT2D eigenvalue weighted by atomic mass is 9.96. The van der Waals surface area contributed by atoms with Gasteiger partial charge in [-0.1, -0.05) is 46.1 Å². The number of benzene rings is 2. The molecule has 0 bridgehead atoms. The van der Waals surface area contributed by atoms with E-state index in [-0.39, 0.29) is 10.3 Å². The minimum atomic E-state index is -0.774. The van der Waals surface area contributed by atoms with Gasteiger partial charge in [0.05, 0.1) is 0 Å². The van der Waals surface area contributed by atoms with Crippen LogP contribution in [0, 0.1) is 11.6 Å². The number of hydrogen-bond donors (Lipinski definition) is 1. The van der Waals surface area contributed by atoms with E-state index in [1.165, 1.54) is 17.8 Å². The molecule has 2 unspecified atom stereocenters. The summed E-state index contributed by atoms with van der Waals surface area (Å²) < 4.78 is 29.2. The summed E-state index contributed by atoms with van der Waals surface area (Å²) in [6.07, 6.45) is 2.93. The maximum Gasteiger partial charge on any atom is 0.261 e. The van der Waals surface area contributed by atoms with Gasteiger partial charge in [-0.15, -0.1) is 0 Å². The molecule has 4 rings (SSSR count). The van der Waals surface area contributed by atoms with E-state index in [4.69, 9.17) is 10.8 Å². The molecule has 0 fully saturated rings. The monoisotopic (exact) mass is 411 g/mol. The highest BCUT2D eigenvalue weighted by molar-refractivity contribution is 8.13. The number of thioether (sulfide) groups is 1. The van der Waals surface area contributed by atoms with Crippen LogP contribution in [-0.4, -0.2) is 17.1 Å². The normalized spacial score (nSPS) is 23.4. The zero-order chi connectivity index (χ0) is 20.3. The molecule has 2 heterocycles. The van der Waals surface area contributed by atoms with Gasteiger partial charge in [-0.3, -0.25) is 0 Å². The molecular formula is C22H21F2N4S+. The van der Waals surface area contributed by atoms with E-state index in [9.17, 15) is 4.39 Å². The van der Waals surface area contributed by atoms with Crippen LogP contribution in [0.4, 0.5) is 20.3 Å². The van der Waals surface area contributed by atoms with Crippen molar-refractivity contribution in [2.75, 3.05) is 6.54 Å². The van der Waals surface area contributed by atoms with Gasteiger partial charge in [0.2, 0.25) is 10.6 Å². The second kappa shape index (κ2) is 8.02. The van der Waals surface area contributed by atoms with Crippen LogP contribution in [0.25, 0.3) is 0 Å². The Bertz CT molecular complexity index is 1020. The summed E-state index contributed by atoms with van der Waals surface area (Å²) in [5.74, 6) is -0.549. The first kappa shape index (κ1) is 19.7. The van der Waals surface area contributed by atoms with Crippen LogP contribution in [0.3, 0.4) is 0 Å². The highest BCUT2D eigenvalue weighted by atomic mass is 32.2. The number of hydrogen-bond acceptors (Lipinski definition) is 4. The van der Waals surface area contributed by atoms with E-state index in [0.717, 1.165) is 17.7 Å². The Morgan fingerprint density at radius 2 is 1.79 bits per heavy atom. The third kappa shape index (κ3) is 3.15. The second-order valence-corrected chi connectivity index (χ2v) is 7.92. The predicted molar refractivity (Wildman–Crippen MR) is 115 cm³/mol. The molecule has 2 atom stereocenters. The number of pyridine rings is 1. The molecule has 0 aliphatic carbocycles.